The maximum absolute atomic E-state index is 13.5. The molecule has 0 heterocycles. The third kappa shape index (κ3) is 3.29. The smallest absolute Gasteiger partial charge is 0.131 e. The third-order valence-electron chi connectivity index (χ3n) is 2.83. The molecule has 2 aromatic rings. The molecule has 19 heavy (non-hydrogen) atoms. The van der Waals surface area contributed by atoms with E-state index in [1.807, 2.05) is 24.3 Å². The second kappa shape index (κ2) is 6.29. The van der Waals surface area contributed by atoms with E-state index < -0.39 is 11.6 Å². The summed E-state index contributed by atoms with van der Waals surface area (Å²) in [4.78, 5) is 0. The van der Waals surface area contributed by atoms with Crippen LogP contribution in [0, 0.1) is 11.6 Å². The van der Waals surface area contributed by atoms with E-state index in [4.69, 9.17) is 4.74 Å². The van der Waals surface area contributed by atoms with E-state index in [0.717, 1.165) is 11.3 Å². The molecule has 0 aliphatic rings. The molecule has 0 spiro atoms. The summed E-state index contributed by atoms with van der Waals surface area (Å²) in [5, 5.41) is 3.04. The standard InChI is InChI=1S/C15H15F2NO/c1-19-10-11-5-2-3-8-15(11)18-9-12-13(16)6-4-7-14(12)17/h2-8,18H,9-10H2,1H3. The van der Waals surface area contributed by atoms with Gasteiger partial charge in [0.1, 0.15) is 11.6 Å². The molecule has 0 fully saturated rings. The molecule has 2 nitrogen and oxygen atoms in total. The van der Waals surface area contributed by atoms with Crippen molar-refractivity contribution in [2.75, 3.05) is 12.4 Å². The first-order valence-corrected chi connectivity index (χ1v) is 5.96. The Morgan fingerprint density at radius 1 is 1.00 bits per heavy atom. The van der Waals surface area contributed by atoms with Crippen LogP contribution >= 0.6 is 0 Å². The minimum Gasteiger partial charge on any atom is -0.380 e. The molecule has 0 saturated heterocycles. The van der Waals surface area contributed by atoms with E-state index in [1.165, 1.54) is 18.2 Å². The summed E-state index contributed by atoms with van der Waals surface area (Å²) in [7, 11) is 1.60. The summed E-state index contributed by atoms with van der Waals surface area (Å²) < 4.78 is 32.1. The van der Waals surface area contributed by atoms with Gasteiger partial charge in [0.15, 0.2) is 0 Å². The summed E-state index contributed by atoms with van der Waals surface area (Å²) in [5.41, 5.74) is 1.79. The fourth-order valence-electron chi connectivity index (χ4n) is 1.86. The first kappa shape index (κ1) is 13.5. The van der Waals surface area contributed by atoms with Crippen LogP contribution < -0.4 is 5.32 Å². The van der Waals surface area contributed by atoms with Crippen LogP contribution in [0.15, 0.2) is 42.5 Å². The number of benzene rings is 2. The predicted octanol–water partition coefficient (Wildman–Crippen LogP) is 3.72. The van der Waals surface area contributed by atoms with Crippen molar-refractivity contribution in [3.63, 3.8) is 0 Å². The lowest BCUT2D eigenvalue weighted by Crippen LogP contribution is -2.06. The zero-order valence-electron chi connectivity index (χ0n) is 10.6. The average molecular weight is 263 g/mol. The van der Waals surface area contributed by atoms with Crippen molar-refractivity contribution in [2.24, 2.45) is 0 Å². The summed E-state index contributed by atoms with van der Waals surface area (Å²) in [5.74, 6) is -1.09. The topological polar surface area (TPSA) is 21.3 Å². The molecule has 2 aromatic carbocycles. The summed E-state index contributed by atoms with van der Waals surface area (Å²) in [6.07, 6.45) is 0. The Labute approximate surface area is 111 Å². The van der Waals surface area contributed by atoms with E-state index >= 15 is 0 Å². The van der Waals surface area contributed by atoms with Gasteiger partial charge >= 0.3 is 0 Å². The molecular weight excluding hydrogens is 248 g/mol. The summed E-state index contributed by atoms with van der Waals surface area (Å²) >= 11 is 0. The second-order valence-corrected chi connectivity index (χ2v) is 4.14. The highest BCUT2D eigenvalue weighted by Crippen LogP contribution is 2.19. The number of rotatable bonds is 5. The van der Waals surface area contributed by atoms with Crippen molar-refractivity contribution in [3.05, 3.63) is 65.2 Å². The van der Waals surface area contributed by atoms with Gasteiger partial charge in [0.2, 0.25) is 0 Å². The zero-order chi connectivity index (χ0) is 13.7. The van der Waals surface area contributed by atoms with Crippen LogP contribution in [0.4, 0.5) is 14.5 Å². The largest absolute Gasteiger partial charge is 0.380 e. The SMILES string of the molecule is COCc1ccccc1NCc1c(F)cccc1F. The Hall–Kier alpha value is -1.94. The molecule has 0 aliphatic carbocycles. The Kier molecular flexibility index (Phi) is 4.47. The lowest BCUT2D eigenvalue weighted by atomic mass is 10.1. The number of hydrogen-bond acceptors (Lipinski definition) is 2. The fourth-order valence-corrected chi connectivity index (χ4v) is 1.86. The Balaban J connectivity index is 2.15. The molecule has 0 saturated carbocycles. The number of anilines is 1. The van der Waals surface area contributed by atoms with Crippen molar-refractivity contribution in [3.8, 4) is 0 Å². The van der Waals surface area contributed by atoms with Gasteiger partial charge < -0.3 is 10.1 Å². The van der Waals surface area contributed by atoms with Gasteiger partial charge in [-0.1, -0.05) is 24.3 Å². The average Bonchev–Trinajstić information content (AvgIpc) is 2.40. The Bertz CT molecular complexity index is 537. The Morgan fingerprint density at radius 2 is 1.68 bits per heavy atom. The summed E-state index contributed by atoms with van der Waals surface area (Å²) in [6.45, 7) is 0.544. The maximum atomic E-state index is 13.5. The van der Waals surface area contributed by atoms with E-state index in [2.05, 4.69) is 5.32 Å². The number of methoxy groups -OCH3 is 1. The van der Waals surface area contributed by atoms with E-state index in [1.54, 1.807) is 7.11 Å². The predicted molar refractivity (Wildman–Crippen MR) is 70.8 cm³/mol. The minimum atomic E-state index is -0.545. The van der Waals surface area contributed by atoms with Gasteiger partial charge in [-0.3, -0.25) is 0 Å². The molecule has 0 bridgehead atoms. The van der Waals surface area contributed by atoms with E-state index in [9.17, 15) is 8.78 Å². The van der Waals surface area contributed by atoms with Crippen LogP contribution in [0.5, 0.6) is 0 Å². The highest BCUT2D eigenvalue weighted by molar-refractivity contribution is 5.51. The number of halogens is 2. The van der Waals surface area contributed by atoms with Gasteiger partial charge in [-0.05, 0) is 18.2 Å². The molecule has 1 N–H and O–H groups in total. The molecular formula is C15H15F2NO. The number of hydrogen-bond donors (Lipinski definition) is 1. The van der Waals surface area contributed by atoms with Crippen LogP contribution in [0.2, 0.25) is 0 Å². The van der Waals surface area contributed by atoms with E-state index in [-0.39, 0.29) is 12.1 Å². The van der Waals surface area contributed by atoms with Gasteiger partial charge in [-0.15, -0.1) is 0 Å². The number of ether oxygens (including phenoxy) is 1. The quantitative estimate of drug-likeness (QED) is 0.887. The first-order chi connectivity index (χ1) is 9.22. The maximum Gasteiger partial charge on any atom is 0.131 e. The third-order valence-corrected chi connectivity index (χ3v) is 2.83. The van der Waals surface area contributed by atoms with Gasteiger partial charge in [-0.2, -0.15) is 0 Å². The highest BCUT2D eigenvalue weighted by atomic mass is 19.1. The molecule has 0 atom stereocenters. The van der Waals surface area contributed by atoms with Crippen LogP contribution in [0.25, 0.3) is 0 Å². The molecule has 2 rings (SSSR count). The monoisotopic (exact) mass is 263 g/mol. The van der Waals surface area contributed by atoms with Gasteiger partial charge in [0.25, 0.3) is 0 Å². The van der Waals surface area contributed by atoms with Crippen LogP contribution in [-0.4, -0.2) is 7.11 Å². The van der Waals surface area contributed by atoms with Crippen LogP contribution in [-0.2, 0) is 17.9 Å². The van der Waals surface area contributed by atoms with Crippen LogP contribution in [0.1, 0.15) is 11.1 Å². The normalized spacial score (nSPS) is 10.5. The minimum absolute atomic E-state index is 0.0368. The van der Waals surface area contributed by atoms with Gasteiger partial charge in [-0.25, -0.2) is 8.78 Å². The van der Waals surface area contributed by atoms with Gasteiger partial charge in [0, 0.05) is 30.5 Å². The molecule has 0 radical (unpaired) electrons. The molecule has 0 aliphatic heterocycles. The highest BCUT2D eigenvalue weighted by Gasteiger charge is 2.08. The summed E-state index contributed by atoms with van der Waals surface area (Å²) in [6, 6.07) is 11.4. The van der Waals surface area contributed by atoms with Crippen molar-refractivity contribution in [1.82, 2.24) is 0 Å². The van der Waals surface area contributed by atoms with Crippen molar-refractivity contribution in [1.29, 1.82) is 0 Å². The lowest BCUT2D eigenvalue weighted by molar-refractivity contribution is 0.185. The zero-order valence-corrected chi connectivity index (χ0v) is 10.6. The van der Waals surface area contributed by atoms with Crippen molar-refractivity contribution < 1.29 is 13.5 Å². The second-order valence-electron chi connectivity index (χ2n) is 4.14. The number of para-hydroxylation sites is 1. The molecule has 4 heteroatoms. The molecule has 0 aromatic heterocycles. The van der Waals surface area contributed by atoms with Gasteiger partial charge in [0.05, 0.1) is 6.61 Å². The fraction of sp³-hybridized carbons (Fsp3) is 0.200. The molecule has 0 unspecified atom stereocenters. The number of nitrogens with one attached hydrogen (secondary N) is 1. The van der Waals surface area contributed by atoms with Crippen LogP contribution in [0.3, 0.4) is 0 Å². The van der Waals surface area contributed by atoms with Crippen molar-refractivity contribution in [2.45, 2.75) is 13.2 Å². The molecule has 0 amide bonds. The van der Waals surface area contributed by atoms with Crippen molar-refractivity contribution >= 4 is 5.69 Å². The lowest BCUT2D eigenvalue weighted by Gasteiger charge is -2.12. The Morgan fingerprint density at radius 3 is 2.37 bits per heavy atom. The molecule has 100 valence electrons. The first-order valence-electron chi connectivity index (χ1n) is 5.96. The van der Waals surface area contributed by atoms with E-state index in [0.29, 0.717) is 6.61 Å².